The second kappa shape index (κ2) is 8.76. The molecule has 0 radical (unpaired) electrons. The van der Waals surface area contributed by atoms with Crippen LogP contribution in [0.5, 0.6) is 0 Å². The maximum atomic E-state index is 14.9. The molecule has 2 heterocycles. The lowest BCUT2D eigenvalue weighted by molar-refractivity contribution is -0.132. The molecule has 168 valence electrons. The van der Waals surface area contributed by atoms with Crippen LogP contribution < -0.4 is 4.90 Å². The predicted octanol–water partition coefficient (Wildman–Crippen LogP) is 4.66. The Morgan fingerprint density at radius 1 is 1.18 bits per heavy atom. The van der Waals surface area contributed by atoms with Gasteiger partial charge in [-0.1, -0.05) is 41.1 Å². The monoisotopic (exact) mass is 486 g/mol. The Morgan fingerprint density at radius 2 is 1.85 bits per heavy atom. The molecule has 3 aromatic rings. The minimum Gasteiger partial charge on any atom is -0.507 e. The molecule has 0 unspecified atom stereocenters. The van der Waals surface area contributed by atoms with Gasteiger partial charge in [0.1, 0.15) is 22.5 Å². The minimum atomic E-state index is -1.31. The Hall–Kier alpha value is -3.56. The van der Waals surface area contributed by atoms with Crippen LogP contribution in [-0.2, 0) is 14.3 Å². The lowest BCUT2D eigenvalue weighted by atomic mass is 9.95. The van der Waals surface area contributed by atoms with Gasteiger partial charge in [-0.05, 0) is 37.3 Å². The van der Waals surface area contributed by atoms with Gasteiger partial charge in [0.2, 0.25) is 0 Å². The summed E-state index contributed by atoms with van der Waals surface area (Å²) in [5, 5.41) is 11.4. The Kier molecular flexibility index (Phi) is 6.01. The Labute approximate surface area is 196 Å². The molecule has 33 heavy (non-hydrogen) atoms. The van der Waals surface area contributed by atoms with Gasteiger partial charge in [0.05, 0.1) is 18.4 Å². The van der Waals surface area contributed by atoms with Crippen molar-refractivity contribution in [1.29, 1.82) is 0 Å². The molecule has 0 saturated carbocycles. The number of hydrogen-bond acceptors (Lipinski definition) is 7. The number of amides is 1. The maximum absolute atomic E-state index is 14.9. The average Bonchev–Trinajstić information content (AvgIpc) is 3.30. The molecule has 10 heteroatoms. The largest absolute Gasteiger partial charge is 0.507 e. The van der Waals surface area contributed by atoms with Gasteiger partial charge in [0.15, 0.2) is 5.13 Å². The fourth-order valence-electron chi connectivity index (χ4n) is 3.55. The summed E-state index contributed by atoms with van der Waals surface area (Å²) in [5.41, 5.74) is 0.192. The van der Waals surface area contributed by atoms with Gasteiger partial charge in [-0.3, -0.25) is 14.5 Å². The number of thiazole rings is 1. The quantitative estimate of drug-likeness (QED) is 0.249. The van der Waals surface area contributed by atoms with Crippen LogP contribution in [0.3, 0.4) is 0 Å². The number of benzene rings is 2. The van der Waals surface area contributed by atoms with Crippen molar-refractivity contribution in [3.8, 4) is 0 Å². The van der Waals surface area contributed by atoms with Crippen molar-refractivity contribution in [2.45, 2.75) is 13.0 Å². The van der Waals surface area contributed by atoms with Gasteiger partial charge < -0.3 is 9.84 Å². The molecule has 4 rings (SSSR count). The topological polar surface area (TPSA) is 96.8 Å². The number of nitrogens with zero attached hydrogens (tertiary/aromatic N) is 2. The number of aliphatic hydroxyl groups is 1. The van der Waals surface area contributed by atoms with Gasteiger partial charge in [-0.2, -0.15) is 0 Å². The molecule has 7 nitrogen and oxygen atoms in total. The zero-order valence-electron chi connectivity index (χ0n) is 17.3. The number of hydrogen-bond donors (Lipinski definition) is 1. The smallest absolute Gasteiger partial charge is 0.350 e. The summed E-state index contributed by atoms with van der Waals surface area (Å²) in [5.74, 6) is -3.84. The third kappa shape index (κ3) is 3.90. The van der Waals surface area contributed by atoms with Crippen LogP contribution in [0.15, 0.2) is 54.1 Å². The summed E-state index contributed by atoms with van der Waals surface area (Å²) in [6, 6.07) is 10.3. The number of ketones is 1. The van der Waals surface area contributed by atoms with E-state index in [-0.39, 0.29) is 32.4 Å². The van der Waals surface area contributed by atoms with Gasteiger partial charge in [-0.25, -0.2) is 14.2 Å². The lowest BCUT2D eigenvalue weighted by Crippen LogP contribution is -2.29. The lowest BCUT2D eigenvalue weighted by Gasteiger charge is -2.23. The highest BCUT2D eigenvalue weighted by Crippen LogP contribution is 2.44. The highest BCUT2D eigenvalue weighted by Gasteiger charge is 2.49. The van der Waals surface area contributed by atoms with Crippen LogP contribution in [0.2, 0.25) is 5.02 Å². The first kappa shape index (κ1) is 22.6. The van der Waals surface area contributed by atoms with E-state index in [1.54, 1.807) is 13.0 Å². The van der Waals surface area contributed by atoms with Gasteiger partial charge in [0.25, 0.3) is 5.78 Å². The van der Waals surface area contributed by atoms with E-state index in [0.29, 0.717) is 5.02 Å². The third-order valence-corrected chi connectivity index (χ3v) is 6.51. The molecular formula is C23H16ClFN2O5S. The highest BCUT2D eigenvalue weighted by atomic mass is 35.5. The summed E-state index contributed by atoms with van der Waals surface area (Å²) < 4.78 is 19.6. The van der Waals surface area contributed by atoms with Crippen LogP contribution in [0.4, 0.5) is 9.52 Å². The molecular weight excluding hydrogens is 471 g/mol. The summed E-state index contributed by atoms with van der Waals surface area (Å²) in [6.45, 7) is 1.55. The van der Waals surface area contributed by atoms with Crippen molar-refractivity contribution in [2.24, 2.45) is 0 Å². The molecule has 0 aliphatic carbocycles. The number of halogens is 2. The van der Waals surface area contributed by atoms with Crippen molar-refractivity contribution < 1.29 is 28.6 Å². The Balaban J connectivity index is 1.95. The first-order chi connectivity index (χ1) is 15.7. The molecule has 1 fully saturated rings. The fourth-order valence-corrected chi connectivity index (χ4v) is 4.69. The van der Waals surface area contributed by atoms with E-state index in [1.807, 2.05) is 0 Å². The number of aliphatic hydroxyl groups excluding tert-OH is 1. The number of rotatable bonds is 4. The van der Waals surface area contributed by atoms with E-state index in [4.69, 9.17) is 16.3 Å². The number of anilines is 1. The summed E-state index contributed by atoms with van der Waals surface area (Å²) >= 11 is 6.74. The number of methoxy groups -OCH3 is 1. The van der Waals surface area contributed by atoms with Crippen LogP contribution in [0.25, 0.3) is 5.76 Å². The number of aryl methyl sites for hydroxylation is 1. The zero-order valence-corrected chi connectivity index (χ0v) is 18.9. The molecule has 1 saturated heterocycles. The van der Waals surface area contributed by atoms with Crippen molar-refractivity contribution in [2.75, 3.05) is 12.0 Å². The van der Waals surface area contributed by atoms with Crippen molar-refractivity contribution in [1.82, 2.24) is 4.98 Å². The summed E-state index contributed by atoms with van der Waals surface area (Å²) in [7, 11) is 1.21. The second-order valence-corrected chi connectivity index (χ2v) is 8.51. The van der Waals surface area contributed by atoms with E-state index in [1.165, 1.54) is 49.6 Å². The summed E-state index contributed by atoms with van der Waals surface area (Å²) in [4.78, 5) is 43.6. The highest BCUT2D eigenvalue weighted by molar-refractivity contribution is 7.17. The van der Waals surface area contributed by atoms with Crippen molar-refractivity contribution >= 4 is 51.5 Å². The Bertz CT molecular complexity index is 1320. The average molecular weight is 487 g/mol. The SMILES string of the molecule is COC(=O)c1sc(N2C(=O)C(=O)C(=C(O)c3ccc(Cl)cc3)[C@@H]2c2ccccc2F)nc1C. The fraction of sp³-hybridized carbons (Fsp3) is 0.130. The predicted molar refractivity (Wildman–Crippen MR) is 121 cm³/mol. The molecule has 1 amide bonds. The number of Topliss-reactive ketones (excluding diaryl/α,β-unsaturated/α-hetero) is 1. The molecule has 1 aliphatic rings. The number of carbonyl (C=O) groups excluding carboxylic acids is 3. The second-order valence-electron chi connectivity index (χ2n) is 7.10. The van der Waals surface area contributed by atoms with Crippen LogP contribution in [0, 0.1) is 12.7 Å². The molecule has 2 aromatic carbocycles. The Morgan fingerprint density at radius 3 is 2.48 bits per heavy atom. The third-order valence-electron chi connectivity index (χ3n) is 5.12. The molecule has 1 aliphatic heterocycles. The number of aromatic nitrogens is 1. The van der Waals surface area contributed by atoms with E-state index < -0.39 is 35.3 Å². The van der Waals surface area contributed by atoms with E-state index in [0.717, 1.165) is 16.2 Å². The van der Waals surface area contributed by atoms with Crippen molar-refractivity contribution in [3.05, 3.63) is 86.6 Å². The maximum Gasteiger partial charge on any atom is 0.350 e. The van der Waals surface area contributed by atoms with Crippen molar-refractivity contribution in [3.63, 3.8) is 0 Å². The van der Waals surface area contributed by atoms with Gasteiger partial charge >= 0.3 is 11.9 Å². The molecule has 0 spiro atoms. The number of ether oxygens (including phenoxy) is 1. The molecule has 0 bridgehead atoms. The first-order valence-electron chi connectivity index (χ1n) is 9.61. The van der Waals surface area contributed by atoms with Crippen LogP contribution in [0.1, 0.15) is 32.5 Å². The normalized spacial score (nSPS) is 17.5. The van der Waals surface area contributed by atoms with E-state index >= 15 is 0 Å². The van der Waals surface area contributed by atoms with Crippen LogP contribution in [-0.4, -0.2) is 34.9 Å². The summed E-state index contributed by atoms with van der Waals surface area (Å²) in [6.07, 6.45) is 0. The first-order valence-corrected chi connectivity index (χ1v) is 10.8. The minimum absolute atomic E-state index is 0.00147. The zero-order chi connectivity index (χ0) is 23.9. The van der Waals surface area contributed by atoms with E-state index in [9.17, 15) is 23.9 Å². The van der Waals surface area contributed by atoms with E-state index in [2.05, 4.69) is 4.98 Å². The molecule has 1 atom stereocenters. The van der Waals surface area contributed by atoms with Gasteiger partial charge in [0, 0.05) is 16.1 Å². The van der Waals surface area contributed by atoms with Gasteiger partial charge in [-0.15, -0.1) is 0 Å². The molecule has 1 aromatic heterocycles. The number of esters is 1. The number of carbonyl (C=O) groups is 3. The standard InChI is InChI=1S/C23H16ClFN2O5S/c1-11-20(22(31)32-2)33-23(26-11)27-17(14-5-3-4-6-15(14)25)16(19(29)21(27)30)18(28)12-7-9-13(24)10-8-12/h3-10,17,28H,1-2H3/t17-/m0/s1. The molecule has 1 N–H and O–H groups in total. The van der Waals surface area contributed by atoms with Crippen LogP contribution >= 0.6 is 22.9 Å².